The second kappa shape index (κ2) is 10.7. The average Bonchev–Trinajstić information content (AvgIpc) is 2.74. The van der Waals surface area contributed by atoms with Crippen molar-refractivity contribution in [3.63, 3.8) is 0 Å². The minimum atomic E-state index is -3.96. The molecule has 2 unspecified atom stereocenters. The SMILES string of the molecule is CS(=O)Cc1ccc(C(O)CCCN2CCN(c3ccccc3)CC2)cc1S(N)(=O)=O. The lowest BCUT2D eigenvalue weighted by molar-refractivity contribution is 0.153. The minimum Gasteiger partial charge on any atom is -0.388 e. The van der Waals surface area contributed by atoms with Gasteiger partial charge in [0.2, 0.25) is 10.0 Å². The first-order valence-corrected chi connectivity index (χ1v) is 13.7. The van der Waals surface area contributed by atoms with E-state index >= 15 is 0 Å². The number of primary sulfonamides is 1. The Labute approximate surface area is 187 Å². The fourth-order valence-electron chi connectivity index (χ4n) is 3.92. The minimum absolute atomic E-state index is 0.0590. The van der Waals surface area contributed by atoms with Gasteiger partial charge in [0.25, 0.3) is 0 Å². The summed E-state index contributed by atoms with van der Waals surface area (Å²) in [5, 5.41) is 15.9. The first-order chi connectivity index (χ1) is 14.7. The summed E-state index contributed by atoms with van der Waals surface area (Å²) in [7, 11) is -5.15. The first kappa shape index (κ1) is 23.9. The second-order valence-corrected chi connectivity index (χ2v) is 10.9. The maximum Gasteiger partial charge on any atom is 0.238 e. The average molecular weight is 466 g/mol. The summed E-state index contributed by atoms with van der Waals surface area (Å²) in [5.74, 6) is 0.108. The first-order valence-electron chi connectivity index (χ1n) is 10.4. The Morgan fingerprint density at radius 1 is 1.10 bits per heavy atom. The van der Waals surface area contributed by atoms with Gasteiger partial charge in [-0.1, -0.05) is 30.3 Å². The quantitative estimate of drug-likeness (QED) is 0.586. The molecule has 0 aliphatic carbocycles. The Kier molecular flexibility index (Phi) is 8.23. The lowest BCUT2D eigenvalue weighted by atomic mass is 10.0. The predicted octanol–water partition coefficient (Wildman–Crippen LogP) is 1.85. The molecule has 3 rings (SSSR count). The zero-order valence-corrected chi connectivity index (χ0v) is 19.4. The number of piperazine rings is 1. The summed E-state index contributed by atoms with van der Waals surface area (Å²) < 4.78 is 35.4. The molecular weight excluding hydrogens is 434 g/mol. The molecule has 1 fully saturated rings. The molecule has 1 saturated heterocycles. The number of hydrogen-bond acceptors (Lipinski definition) is 6. The van der Waals surface area contributed by atoms with Crippen molar-refractivity contribution >= 4 is 26.5 Å². The highest BCUT2D eigenvalue weighted by Crippen LogP contribution is 2.25. The molecule has 2 atom stereocenters. The van der Waals surface area contributed by atoms with E-state index in [1.807, 2.05) is 6.07 Å². The van der Waals surface area contributed by atoms with Gasteiger partial charge < -0.3 is 10.0 Å². The molecule has 7 nitrogen and oxygen atoms in total. The van der Waals surface area contributed by atoms with Crippen molar-refractivity contribution in [3.8, 4) is 0 Å². The van der Waals surface area contributed by atoms with Gasteiger partial charge in [-0.25, -0.2) is 13.6 Å². The molecule has 0 amide bonds. The van der Waals surface area contributed by atoms with Crippen LogP contribution in [0.15, 0.2) is 53.4 Å². The largest absolute Gasteiger partial charge is 0.388 e. The molecule has 0 bridgehead atoms. The molecule has 1 aliphatic rings. The van der Waals surface area contributed by atoms with Gasteiger partial charge in [-0.2, -0.15) is 0 Å². The van der Waals surface area contributed by atoms with Gasteiger partial charge in [-0.3, -0.25) is 9.11 Å². The number of nitrogens with zero attached hydrogens (tertiary/aromatic N) is 2. The molecule has 0 saturated carbocycles. The summed E-state index contributed by atoms with van der Waals surface area (Å²) in [6.45, 7) is 4.79. The number of para-hydroxylation sites is 1. The highest BCUT2D eigenvalue weighted by Gasteiger charge is 2.20. The van der Waals surface area contributed by atoms with Crippen molar-refractivity contribution in [2.75, 3.05) is 43.9 Å². The molecule has 0 spiro atoms. The van der Waals surface area contributed by atoms with Crippen LogP contribution >= 0.6 is 0 Å². The topological polar surface area (TPSA) is 104 Å². The predicted molar refractivity (Wildman–Crippen MR) is 125 cm³/mol. The van der Waals surface area contributed by atoms with E-state index in [0.717, 1.165) is 39.1 Å². The molecule has 0 aromatic heterocycles. The van der Waals surface area contributed by atoms with E-state index in [0.29, 0.717) is 17.5 Å². The van der Waals surface area contributed by atoms with Crippen LogP contribution in [0.2, 0.25) is 0 Å². The molecule has 2 aromatic carbocycles. The van der Waals surface area contributed by atoms with Gasteiger partial charge in [0.15, 0.2) is 0 Å². The number of benzene rings is 2. The zero-order chi connectivity index (χ0) is 22.4. The Morgan fingerprint density at radius 3 is 2.39 bits per heavy atom. The number of aliphatic hydroxyl groups is 1. The maximum absolute atomic E-state index is 11.9. The van der Waals surface area contributed by atoms with Crippen molar-refractivity contribution in [1.82, 2.24) is 4.90 Å². The second-order valence-electron chi connectivity index (χ2n) is 7.95. The Morgan fingerprint density at radius 2 is 1.77 bits per heavy atom. The molecule has 0 radical (unpaired) electrons. The van der Waals surface area contributed by atoms with Crippen LogP contribution in [0.5, 0.6) is 0 Å². The smallest absolute Gasteiger partial charge is 0.238 e. The normalized spacial score (nSPS) is 17.5. The summed E-state index contributed by atoms with van der Waals surface area (Å²) in [6.07, 6.45) is 2.07. The molecular formula is C22H31N3O4S2. The van der Waals surface area contributed by atoms with Crippen LogP contribution < -0.4 is 10.0 Å². The number of rotatable bonds is 9. The standard InChI is InChI=1S/C22H31N3O4S2/c1-30(27)17-19-10-9-18(16-22(19)31(23,28)29)21(26)8-5-11-24-12-14-25(15-13-24)20-6-3-2-4-7-20/h2-4,6-7,9-10,16,21,26H,5,8,11-15,17H2,1H3,(H2,23,28,29). The van der Waals surface area contributed by atoms with Crippen LogP contribution in [0.1, 0.15) is 30.1 Å². The molecule has 170 valence electrons. The van der Waals surface area contributed by atoms with Crippen molar-refractivity contribution in [2.45, 2.75) is 29.6 Å². The van der Waals surface area contributed by atoms with Crippen LogP contribution in [-0.2, 0) is 26.6 Å². The Bertz CT molecular complexity index is 991. The number of anilines is 1. The number of sulfonamides is 1. The molecule has 1 aliphatic heterocycles. The van der Waals surface area contributed by atoms with Crippen LogP contribution in [0.3, 0.4) is 0 Å². The Hall–Kier alpha value is -1.78. The zero-order valence-electron chi connectivity index (χ0n) is 17.8. The van der Waals surface area contributed by atoms with Gasteiger partial charge in [0.05, 0.1) is 11.0 Å². The third-order valence-electron chi connectivity index (χ3n) is 5.59. The highest BCUT2D eigenvalue weighted by molar-refractivity contribution is 7.89. The lowest BCUT2D eigenvalue weighted by Crippen LogP contribution is -2.46. The summed E-state index contributed by atoms with van der Waals surface area (Å²) in [4.78, 5) is 4.71. The maximum atomic E-state index is 11.9. The van der Waals surface area contributed by atoms with Crippen LogP contribution in [0.25, 0.3) is 0 Å². The van der Waals surface area contributed by atoms with Crippen molar-refractivity contribution in [1.29, 1.82) is 0 Å². The van der Waals surface area contributed by atoms with E-state index in [1.165, 1.54) is 18.0 Å². The van der Waals surface area contributed by atoms with E-state index in [4.69, 9.17) is 5.14 Å². The van der Waals surface area contributed by atoms with Gasteiger partial charge in [-0.15, -0.1) is 0 Å². The molecule has 2 aromatic rings. The number of hydrogen-bond donors (Lipinski definition) is 2. The van der Waals surface area contributed by atoms with Crippen LogP contribution in [0.4, 0.5) is 5.69 Å². The summed E-state index contributed by atoms with van der Waals surface area (Å²) >= 11 is 0. The van der Waals surface area contributed by atoms with E-state index in [2.05, 4.69) is 34.1 Å². The van der Waals surface area contributed by atoms with Gasteiger partial charge in [-0.05, 0) is 48.7 Å². The van der Waals surface area contributed by atoms with Gasteiger partial charge >= 0.3 is 0 Å². The van der Waals surface area contributed by atoms with Crippen molar-refractivity contribution in [2.24, 2.45) is 5.14 Å². The summed E-state index contributed by atoms with van der Waals surface area (Å²) in [5.41, 5.74) is 2.18. The third-order valence-corrected chi connectivity index (χ3v) is 7.30. The van der Waals surface area contributed by atoms with Crippen molar-refractivity contribution < 1.29 is 17.7 Å². The van der Waals surface area contributed by atoms with Gasteiger partial charge in [0, 0.05) is 54.7 Å². The third kappa shape index (κ3) is 6.85. The van der Waals surface area contributed by atoms with E-state index in [1.54, 1.807) is 12.1 Å². The fraction of sp³-hybridized carbons (Fsp3) is 0.455. The lowest BCUT2D eigenvalue weighted by Gasteiger charge is -2.36. The highest BCUT2D eigenvalue weighted by atomic mass is 32.2. The van der Waals surface area contributed by atoms with E-state index in [-0.39, 0.29) is 10.6 Å². The van der Waals surface area contributed by atoms with Crippen LogP contribution in [-0.4, -0.2) is 61.6 Å². The van der Waals surface area contributed by atoms with Crippen molar-refractivity contribution in [3.05, 3.63) is 59.7 Å². The number of nitrogens with two attached hydrogens (primary N) is 1. The molecule has 31 heavy (non-hydrogen) atoms. The monoisotopic (exact) mass is 465 g/mol. The molecule has 1 heterocycles. The van der Waals surface area contributed by atoms with E-state index < -0.39 is 26.9 Å². The Balaban J connectivity index is 1.52. The summed E-state index contributed by atoms with van der Waals surface area (Å²) in [6, 6.07) is 15.1. The number of aliphatic hydroxyl groups excluding tert-OH is 1. The van der Waals surface area contributed by atoms with Crippen LogP contribution in [0, 0.1) is 0 Å². The fourth-order valence-corrected chi connectivity index (χ4v) is 5.51. The molecule has 9 heteroatoms. The molecule has 3 N–H and O–H groups in total. The van der Waals surface area contributed by atoms with E-state index in [9.17, 15) is 17.7 Å². The van der Waals surface area contributed by atoms with Gasteiger partial charge in [0.1, 0.15) is 0 Å².